The number of carbonyl (C=O) groups is 1. The Labute approximate surface area is 121 Å². The van der Waals surface area contributed by atoms with Crippen LogP contribution in [0.1, 0.15) is 22.8 Å². The second-order valence-electron chi connectivity index (χ2n) is 4.49. The van der Waals surface area contributed by atoms with Gasteiger partial charge in [-0.1, -0.05) is 41.6 Å². The summed E-state index contributed by atoms with van der Waals surface area (Å²) >= 11 is 1.25. The van der Waals surface area contributed by atoms with Gasteiger partial charge in [-0.2, -0.15) is 0 Å². The van der Waals surface area contributed by atoms with E-state index in [1.807, 2.05) is 38.1 Å². The number of aryl methyl sites for hydroxylation is 1. The SMILES string of the molecule is Cc1ccc(C(=O)[C@H](C)Sc2nc(N)cc(N)n2)cc1. The van der Waals surface area contributed by atoms with E-state index in [9.17, 15) is 4.79 Å². The highest BCUT2D eigenvalue weighted by molar-refractivity contribution is 8.00. The Balaban J connectivity index is 2.13. The maximum absolute atomic E-state index is 12.3. The number of thioether (sulfide) groups is 1. The number of carbonyl (C=O) groups excluding carboxylic acids is 1. The fourth-order valence-corrected chi connectivity index (χ4v) is 2.55. The smallest absolute Gasteiger partial charge is 0.192 e. The Bertz CT molecular complexity index is 607. The zero-order valence-corrected chi connectivity index (χ0v) is 12.1. The number of hydrogen-bond acceptors (Lipinski definition) is 6. The van der Waals surface area contributed by atoms with Gasteiger partial charge in [-0.05, 0) is 13.8 Å². The molecule has 20 heavy (non-hydrogen) atoms. The summed E-state index contributed by atoms with van der Waals surface area (Å²) < 4.78 is 0. The van der Waals surface area contributed by atoms with Gasteiger partial charge < -0.3 is 11.5 Å². The molecule has 0 aliphatic rings. The van der Waals surface area contributed by atoms with E-state index in [2.05, 4.69) is 9.97 Å². The first kappa shape index (κ1) is 14.3. The van der Waals surface area contributed by atoms with E-state index in [0.29, 0.717) is 22.4 Å². The topological polar surface area (TPSA) is 94.9 Å². The molecular weight excluding hydrogens is 272 g/mol. The highest BCUT2D eigenvalue weighted by Gasteiger charge is 2.18. The molecule has 0 saturated heterocycles. The molecule has 1 atom stereocenters. The maximum atomic E-state index is 12.3. The fourth-order valence-electron chi connectivity index (χ4n) is 1.68. The first-order chi connectivity index (χ1) is 9.45. The summed E-state index contributed by atoms with van der Waals surface area (Å²) in [5.41, 5.74) is 13.0. The summed E-state index contributed by atoms with van der Waals surface area (Å²) in [7, 11) is 0. The molecule has 0 aliphatic carbocycles. The van der Waals surface area contributed by atoms with Crippen LogP contribution in [0.5, 0.6) is 0 Å². The lowest BCUT2D eigenvalue weighted by atomic mass is 10.1. The zero-order valence-electron chi connectivity index (χ0n) is 11.3. The van der Waals surface area contributed by atoms with Gasteiger partial charge >= 0.3 is 0 Å². The molecule has 0 unspecified atom stereocenters. The van der Waals surface area contributed by atoms with Crippen molar-refractivity contribution >= 4 is 29.2 Å². The van der Waals surface area contributed by atoms with Gasteiger partial charge in [0.2, 0.25) is 0 Å². The van der Waals surface area contributed by atoms with Crippen LogP contribution in [-0.4, -0.2) is 21.0 Å². The highest BCUT2D eigenvalue weighted by Crippen LogP contribution is 2.24. The maximum Gasteiger partial charge on any atom is 0.192 e. The number of nitrogen functional groups attached to an aromatic ring is 2. The Morgan fingerprint density at radius 1 is 1.15 bits per heavy atom. The Morgan fingerprint density at radius 3 is 2.25 bits per heavy atom. The first-order valence-corrected chi connectivity index (χ1v) is 7.01. The molecule has 2 rings (SSSR count). The molecule has 5 nitrogen and oxygen atoms in total. The number of benzene rings is 1. The largest absolute Gasteiger partial charge is 0.383 e. The van der Waals surface area contributed by atoms with Crippen molar-refractivity contribution in [2.45, 2.75) is 24.3 Å². The van der Waals surface area contributed by atoms with Gasteiger partial charge in [0.1, 0.15) is 11.6 Å². The summed E-state index contributed by atoms with van der Waals surface area (Å²) in [6.07, 6.45) is 0. The molecule has 0 saturated carbocycles. The third-order valence-corrected chi connectivity index (χ3v) is 3.69. The molecule has 0 amide bonds. The third-order valence-electron chi connectivity index (χ3n) is 2.73. The highest BCUT2D eigenvalue weighted by atomic mass is 32.2. The van der Waals surface area contributed by atoms with Crippen LogP contribution < -0.4 is 11.5 Å². The number of nitrogens with two attached hydrogens (primary N) is 2. The average Bonchev–Trinajstić information content (AvgIpc) is 2.37. The summed E-state index contributed by atoms with van der Waals surface area (Å²) in [6, 6.07) is 8.96. The van der Waals surface area contributed by atoms with Crippen LogP contribution >= 0.6 is 11.8 Å². The Hall–Kier alpha value is -2.08. The van der Waals surface area contributed by atoms with Crippen molar-refractivity contribution in [1.29, 1.82) is 0 Å². The number of ketones is 1. The second-order valence-corrected chi connectivity index (χ2v) is 5.80. The van der Waals surface area contributed by atoms with Crippen LogP contribution in [0.15, 0.2) is 35.5 Å². The van der Waals surface area contributed by atoms with Crippen LogP contribution in [0.3, 0.4) is 0 Å². The van der Waals surface area contributed by atoms with E-state index in [-0.39, 0.29) is 11.0 Å². The van der Waals surface area contributed by atoms with Crippen LogP contribution in [-0.2, 0) is 0 Å². The summed E-state index contributed by atoms with van der Waals surface area (Å²) in [6.45, 7) is 3.80. The van der Waals surface area contributed by atoms with E-state index < -0.39 is 0 Å². The van der Waals surface area contributed by atoms with E-state index in [1.165, 1.54) is 17.8 Å². The molecule has 1 aromatic heterocycles. The molecule has 0 radical (unpaired) electrons. The molecule has 1 aromatic carbocycles. The normalized spacial score (nSPS) is 12.1. The van der Waals surface area contributed by atoms with Gasteiger partial charge in [0.15, 0.2) is 10.9 Å². The first-order valence-electron chi connectivity index (χ1n) is 6.13. The molecule has 1 heterocycles. The molecule has 104 valence electrons. The van der Waals surface area contributed by atoms with E-state index >= 15 is 0 Å². The van der Waals surface area contributed by atoms with Crippen molar-refractivity contribution in [3.05, 3.63) is 41.5 Å². The molecular formula is C14H16N4OS. The molecule has 2 aromatic rings. The van der Waals surface area contributed by atoms with Crippen LogP contribution in [0, 0.1) is 6.92 Å². The van der Waals surface area contributed by atoms with E-state index in [1.54, 1.807) is 0 Å². The number of hydrogen-bond donors (Lipinski definition) is 2. The number of anilines is 2. The number of nitrogens with zero attached hydrogens (tertiary/aromatic N) is 2. The lowest BCUT2D eigenvalue weighted by Gasteiger charge is -2.10. The monoisotopic (exact) mass is 288 g/mol. The van der Waals surface area contributed by atoms with Crippen molar-refractivity contribution in [3.63, 3.8) is 0 Å². The number of Topliss-reactive ketones (excluding diaryl/α,β-unsaturated/α-hetero) is 1. The molecule has 0 bridgehead atoms. The quantitative estimate of drug-likeness (QED) is 0.509. The van der Waals surface area contributed by atoms with Crippen LogP contribution in [0.4, 0.5) is 11.6 Å². The Kier molecular flexibility index (Phi) is 4.24. The number of aromatic nitrogens is 2. The van der Waals surface area contributed by atoms with Crippen molar-refractivity contribution in [1.82, 2.24) is 9.97 Å². The van der Waals surface area contributed by atoms with E-state index in [0.717, 1.165) is 5.56 Å². The van der Waals surface area contributed by atoms with Gasteiger partial charge in [-0.15, -0.1) is 0 Å². The average molecular weight is 288 g/mol. The molecule has 0 spiro atoms. The van der Waals surface area contributed by atoms with Gasteiger partial charge in [0.05, 0.1) is 5.25 Å². The van der Waals surface area contributed by atoms with Gasteiger partial charge in [-0.25, -0.2) is 9.97 Å². The summed E-state index contributed by atoms with van der Waals surface area (Å²) in [5.74, 6) is 0.629. The van der Waals surface area contributed by atoms with Crippen molar-refractivity contribution in [3.8, 4) is 0 Å². The molecule has 6 heteroatoms. The molecule has 0 fully saturated rings. The second kappa shape index (κ2) is 5.92. The minimum atomic E-state index is -0.307. The van der Waals surface area contributed by atoms with Gasteiger partial charge in [0.25, 0.3) is 0 Å². The van der Waals surface area contributed by atoms with Gasteiger partial charge in [-0.3, -0.25) is 4.79 Å². The van der Waals surface area contributed by atoms with Crippen LogP contribution in [0.2, 0.25) is 0 Å². The lowest BCUT2D eigenvalue weighted by molar-refractivity contribution is 0.0994. The molecule has 4 N–H and O–H groups in total. The lowest BCUT2D eigenvalue weighted by Crippen LogP contribution is -2.14. The Morgan fingerprint density at radius 2 is 1.70 bits per heavy atom. The fraction of sp³-hybridized carbons (Fsp3) is 0.214. The minimum Gasteiger partial charge on any atom is -0.383 e. The zero-order chi connectivity index (χ0) is 14.7. The standard InChI is InChI=1S/C14H16N4OS/c1-8-3-5-10(6-4-8)13(19)9(2)20-14-17-11(15)7-12(16)18-14/h3-7,9H,1-2H3,(H4,15,16,17,18)/t9-/m0/s1. The van der Waals surface area contributed by atoms with Crippen molar-refractivity contribution in [2.75, 3.05) is 11.5 Å². The van der Waals surface area contributed by atoms with Crippen molar-refractivity contribution < 1.29 is 4.79 Å². The number of rotatable bonds is 4. The molecule has 0 aliphatic heterocycles. The van der Waals surface area contributed by atoms with Gasteiger partial charge in [0, 0.05) is 11.6 Å². The van der Waals surface area contributed by atoms with E-state index in [4.69, 9.17) is 11.5 Å². The van der Waals surface area contributed by atoms with Crippen LogP contribution in [0.25, 0.3) is 0 Å². The summed E-state index contributed by atoms with van der Waals surface area (Å²) in [4.78, 5) is 20.4. The third kappa shape index (κ3) is 3.48. The predicted octanol–water partition coefficient (Wildman–Crippen LogP) is 2.31. The predicted molar refractivity (Wildman–Crippen MR) is 81.7 cm³/mol. The summed E-state index contributed by atoms with van der Waals surface area (Å²) in [5, 5.41) is 0.106. The van der Waals surface area contributed by atoms with Crippen molar-refractivity contribution in [2.24, 2.45) is 0 Å². The minimum absolute atomic E-state index is 0.0274.